The average Bonchev–Trinajstić information content (AvgIpc) is 2.44. The Bertz CT molecular complexity index is 586. The SMILES string of the molecule is COc1ccc(Br)c(CN(C)Cc2ccccc2N)c1. The van der Waals surface area contributed by atoms with E-state index in [-0.39, 0.29) is 0 Å². The topological polar surface area (TPSA) is 38.5 Å². The van der Waals surface area contributed by atoms with E-state index in [2.05, 4.69) is 40.0 Å². The lowest BCUT2D eigenvalue weighted by atomic mass is 10.1. The van der Waals surface area contributed by atoms with E-state index in [0.717, 1.165) is 34.6 Å². The van der Waals surface area contributed by atoms with Crippen LogP contribution >= 0.6 is 15.9 Å². The Morgan fingerprint density at radius 1 is 1.10 bits per heavy atom. The highest BCUT2D eigenvalue weighted by Crippen LogP contribution is 2.24. The first-order chi connectivity index (χ1) is 9.60. The van der Waals surface area contributed by atoms with Crippen LogP contribution in [0.1, 0.15) is 11.1 Å². The highest BCUT2D eigenvalue weighted by molar-refractivity contribution is 9.10. The van der Waals surface area contributed by atoms with Crippen LogP contribution in [0.2, 0.25) is 0 Å². The third kappa shape index (κ3) is 3.74. The van der Waals surface area contributed by atoms with Crippen molar-refractivity contribution in [2.75, 3.05) is 19.9 Å². The third-order valence-electron chi connectivity index (χ3n) is 3.19. The standard InChI is InChI=1S/C16H19BrN2O/c1-19(10-12-5-3-4-6-16(12)18)11-13-9-14(20-2)7-8-15(13)17/h3-9H,10-11,18H2,1-2H3. The van der Waals surface area contributed by atoms with Gasteiger partial charge >= 0.3 is 0 Å². The Kier molecular flexibility index (Phi) is 5.04. The highest BCUT2D eigenvalue weighted by atomic mass is 79.9. The maximum atomic E-state index is 5.98. The smallest absolute Gasteiger partial charge is 0.119 e. The molecule has 2 rings (SSSR count). The van der Waals surface area contributed by atoms with Gasteiger partial charge < -0.3 is 10.5 Å². The van der Waals surface area contributed by atoms with Crippen molar-refractivity contribution in [1.29, 1.82) is 0 Å². The minimum Gasteiger partial charge on any atom is -0.497 e. The number of methoxy groups -OCH3 is 1. The van der Waals surface area contributed by atoms with Crippen LogP contribution in [0.15, 0.2) is 46.9 Å². The summed E-state index contributed by atoms with van der Waals surface area (Å²) < 4.78 is 6.36. The molecule has 0 radical (unpaired) electrons. The first-order valence-corrected chi connectivity index (χ1v) is 7.24. The number of nitrogens with two attached hydrogens (primary N) is 1. The number of hydrogen-bond donors (Lipinski definition) is 1. The summed E-state index contributed by atoms with van der Waals surface area (Å²) in [7, 11) is 3.76. The molecule has 106 valence electrons. The van der Waals surface area contributed by atoms with Gasteiger partial charge in [-0.15, -0.1) is 0 Å². The van der Waals surface area contributed by atoms with Crippen LogP contribution in [0.4, 0.5) is 5.69 Å². The van der Waals surface area contributed by atoms with Crippen molar-refractivity contribution < 1.29 is 4.74 Å². The van der Waals surface area contributed by atoms with Crippen molar-refractivity contribution in [3.8, 4) is 5.75 Å². The second-order valence-corrected chi connectivity index (χ2v) is 5.68. The van der Waals surface area contributed by atoms with Gasteiger partial charge in [0, 0.05) is 23.2 Å². The lowest BCUT2D eigenvalue weighted by molar-refractivity contribution is 0.318. The maximum absolute atomic E-state index is 5.98. The largest absolute Gasteiger partial charge is 0.497 e. The summed E-state index contributed by atoms with van der Waals surface area (Å²) in [5, 5.41) is 0. The Hall–Kier alpha value is -1.52. The van der Waals surface area contributed by atoms with E-state index >= 15 is 0 Å². The quantitative estimate of drug-likeness (QED) is 0.848. The van der Waals surface area contributed by atoms with E-state index in [1.807, 2.05) is 30.3 Å². The predicted molar refractivity (Wildman–Crippen MR) is 86.7 cm³/mol. The second kappa shape index (κ2) is 6.77. The van der Waals surface area contributed by atoms with Gasteiger partial charge in [-0.05, 0) is 42.4 Å². The van der Waals surface area contributed by atoms with Crippen molar-refractivity contribution >= 4 is 21.6 Å². The van der Waals surface area contributed by atoms with Gasteiger partial charge in [0.15, 0.2) is 0 Å². The van der Waals surface area contributed by atoms with Gasteiger partial charge in [-0.1, -0.05) is 34.1 Å². The first kappa shape index (κ1) is 14.9. The van der Waals surface area contributed by atoms with Crippen molar-refractivity contribution in [2.24, 2.45) is 0 Å². The molecule has 2 aromatic carbocycles. The first-order valence-electron chi connectivity index (χ1n) is 6.44. The summed E-state index contributed by atoms with van der Waals surface area (Å²) in [4.78, 5) is 2.23. The molecule has 2 N–H and O–H groups in total. The van der Waals surface area contributed by atoms with Gasteiger partial charge in [0.1, 0.15) is 5.75 Å². The van der Waals surface area contributed by atoms with Crippen molar-refractivity contribution in [1.82, 2.24) is 4.90 Å². The summed E-state index contributed by atoms with van der Waals surface area (Å²) in [5.74, 6) is 0.871. The third-order valence-corrected chi connectivity index (χ3v) is 3.96. The molecule has 0 unspecified atom stereocenters. The molecule has 4 heteroatoms. The van der Waals surface area contributed by atoms with Crippen molar-refractivity contribution in [2.45, 2.75) is 13.1 Å². The highest BCUT2D eigenvalue weighted by Gasteiger charge is 2.08. The Morgan fingerprint density at radius 3 is 2.50 bits per heavy atom. The zero-order valence-corrected chi connectivity index (χ0v) is 13.4. The van der Waals surface area contributed by atoms with Gasteiger partial charge in [0.05, 0.1) is 7.11 Å². The normalized spacial score (nSPS) is 10.8. The number of benzene rings is 2. The number of rotatable bonds is 5. The van der Waals surface area contributed by atoms with E-state index in [4.69, 9.17) is 10.5 Å². The molecular formula is C16H19BrN2O. The predicted octanol–water partition coefficient (Wildman–Crippen LogP) is 3.67. The summed E-state index contributed by atoms with van der Waals surface area (Å²) >= 11 is 3.58. The zero-order valence-electron chi connectivity index (χ0n) is 11.8. The molecule has 3 nitrogen and oxygen atoms in total. The van der Waals surface area contributed by atoms with Gasteiger partial charge in [-0.3, -0.25) is 4.90 Å². The number of anilines is 1. The number of halogens is 1. The van der Waals surface area contributed by atoms with E-state index in [0.29, 0.717) is 0 Å². The molecule has 0 fully saturated rings. The summed E-state index contributed by atoms with van der Waals surface area (Å²) in [6, 6.07) is 14.0. The monoisotopic (exact) mass is 334 g/mol. The van der Waals surface area contributed by atoms with Crippen LogP contribution in [-0.2, 0) is 13.1 Å². The molecule has 0 spiro atoms. The lowest BCUT2D eigenvalue weighted by Gasteiger charge is -2.19. The summed E-state index contributed by atoms with van der Waals surface area (Å²) in [5.41, 5.74) is 9.16. The van der Waals surface area contributed by atoms with Crippen molar-refractivity contribution in [3.05, 3.63) is 58.1 Å². The molecule has 0 saturated heterocycles. The molecule has 2 aromatic rings. The molecule has 0 aliphatic carbocycles. The van der Waals surface area contributed by atoms with E-state index in [1.165, 1.54) is 5.56 Å². The minimum atomic E-state index is 0.816. The Balaban J connectivity index is 2.08. The van der Waals surface area contributed by atoms with E-state index in [1.54, 1.807) is 7.11 Å². The fourth-order valence-electron chi connectivity index (χ4n) is 2.11. The van der Waals surface area contributed by atoms with Crippen LogP contribution in [-0.4, -0.2) is 19.1 Å². The molecule has 0 bridgehead atoms. The number of ether oxygens (including phenoxy) is 1. The molecule has 0 amide bonds. The van der Waals surface area contributed by atoms with E-state index in [9.17, 15) is 0 Å². The average molecular weight is 335 g/mol. The lowest BCUT2D eigenvalue weighted by Crippen LogP contribution is -2.18. The van der Waals surface area contributed by atoms with Gasteiger partial charge in [-0.25, -0.2) is 0 Å². The number of para-hydroxylation sites is 1. The zero-order chi connectivity index (χ0) is 14.5. The van der Waals surface area contributed by atoms with Crippen LogP contribution in [0.5, 0.6) is 5.75 Å². The fraction of sp³-hybridized carbons (Fsp3) is 0.250. The number of nitrogens with zero attached hydrogens (tertiary/aromatic N) is 1. The molecule has 0 aliphatic heterocycles. The van der Waals surface area contributed by atoms with Crippen LogP contribution in [0.25, 0.3) is 0 Å². The molecule has 0 aliphatic rings. The molecule has 0 saturated carbocycles. The van der Waals surface area contributed by atoms with E-state index < -0.39 is 0 Å². The Morgan fingerprint density at radius 2 is 1.80 bits per heavy atom. The number of nitrogen functional groups attached to an aromatic ring is 1. The van der Waals surface area contributed by atoms with Crippen LogP contribution in [0.3, 0.4) is 0 Å². The second-order valence-electron chi connectivity index (χ2n) is 4.83. The Labute approximate surface area is 128 Å². The van der Waals surface area contributed by atoms with Gasteiger partial charge in [-0.2, -0.15) is 0 Å². The molecule has 0 atom stereocenters. The van der Waals surface area contributed by atoms with Crippen LogP contribution in [0, 0.1) is 0 Å². The molecular weight excluding hydrogens is 316 g/mol. The molecule has 0 heterocycles. The summed E-state index contributed by atoms with van der Waals surface area (Å²) in [6.45, 7) is 1.64. The fourth-order valence-corrected chi connectivity index (χ4v) is 2.49. The van der Waals surface area contributed by atoms with Gasteiger partial charge in [0.25, 0.3) is 0 Å². The summed E-state index contributed by atoms with van der Waals surface area (Å²) in [6.07, 6.45) is 0. The molecule has 20 heavy (non-hydrogen) atoms. The number of hydrogen-bond acceptors (Lipinski definition) is 3. The van der Waals surface area contributed by atoms with Crippen molar-refractivity contribution in [3.63, 3.8) is 0 Å². The van der Waals surface area contributed by atoms with Crippen LogP contribution < -0.4 is 10.5 Å². The molecule has 0 aromatic heterocycles. The minimum absolute atomic E-state index is 0.816. The van der Waals surface area contributed by atoms with Gasteiger partial charge in [0.2, 0.25) is 0 Å². The maximum Gasteiger partial charge on any atom is 0.119 e.